The number of hydrogen-bond donors (Lipinski definition) is 2. The molecule has 0 fully saturated rings. The molecule has 0 saturated heterocycles. The number of amides is 2. The highest BCUT2D eigenvalue weighted by Crippen LogP contribution is 2.31. The van der Waals surface area contributed by atoms with Gasteiger partial charge in [0.1, 0.15) is 11.4 Å². The average molecular weight is 233 g/mol. The molecule has 0 radical (unpaired) electrons. The SMILES string of the molecule is COc1ccc(Cl)cc1N(S)C(N)=O. The summed E-state index contributed by atoms with van der Waals surface area (Å²) in [6.45, 7) is 0. The quantitative estimate of drug-likeness (QED) is 0.767. The van der Waals surface area contributed by atoms with Crippen molar-refractivity contribution < 1.29 is 9.53 Å². The second-order valence-electron chi connectivity index (χ2n) is 2.47. The first-order chi connectivity index (χ1) is 6.56. The molecular formula is C8H9ClN2O2S. The Balaban J connectivity index is 3.16. The Hall–Kier alpha value is -1.07. The number of carbonyl (C=O) groups is 1. The third-order valence-corrected chi connectivity index (χ3v) is 2.23. The molecule has 6 heteroatoms. The number of urea groups is 1. The summed E-state index contributed by atoms with van der Waals surface area (Å²) in [6, 6.07) is 4.11. The number of primary amides is 1. The normalized spacial score (nSPS) is 9.64. The van der Waals surface area contributed by atoms with Crippen LogP contribution in [0.25, 0.3) is 0 Å². The molecule has 0 saturated carbocycles. The standard InChI is InChI=1S/C8H9ClN2O2S/c1-13-7-3-2-5(9)4-6(7)11(14)8(10)12/h2-4,14H,1H3,(H2,10,12). The summed E-state index contributed by atoms with van der Waals surface area (Å²) in [5, 5.41) is 0.473. The number of anilines is 1. The number of nitrogens with zero attached hydrogens (tertiary/aromatic N) is 1. The van der Waals surface area contributed by atoms with E-state index in [1.165, 1.54) is 13.2 Å². The summed E-state index contributed by atoms with van der Waals surface area (Å²) in [4.78, 5) is 10.9. The maximum Gasteiger partial charge on any atom is 0.329 e. The van der Waals surface area contributed by atoms with Crippen molar-refractivity contribution in [3.63, 3.8) is 0 Å². The van der Waals surface area contributed by atoms with Crippen LogP contribution in [0.3, 0.4) is 0 Å². The van der Waals surface area contributed by atoms with E-state index >= 15 is 0 Å². The maximum absolute atomic E-state index is 10.9. The molecule has 1 aromatic rings. The van der Waals surface area contributed by atoms with Gasteiger partial charge in [0.2, 0.25) is 0 Å². The number of carbonyl (C=O) groups excluding carboxylic acids is 1. The van der Waals surface area contributed by atoms with Gasteiger partial charge < -0.3 is 10.5 Å². The van der Waals surface area contributed by atoms with Gasteiger partial charge in [-0.15, -0.1) is 0 Å². The molecule has 0 aliphatic heterocycles. The van der Waals surface area contributed by atoms with E-state index in [2.05, 4.69) is 12.8 Å². The van der Waals surface area contributed by atoms with Crippen LogP contribution in [0.15, 0.2) is 18.2 Å². The monoisotopic (exact) mass is 232 g/mol. The van der Waals surface area contributed by atoms with Crippen LogP contribution in [0, 0.1) is 0 Å². The van der Waals surface area contributed by atoms with Gasteiger partial charge in [-0.2, -0.15) is 0 Å². The Labute approximate surface area is 92.1 Å². The molecule has 0 aliphatic carbocycles. The lowest BCUT2D eigenvalue weighted by Gasteiger charge is -2.16. The third-order valence-electron chi connectivity index (χ3n) is 1.58. The van der Waals surface area contributed by atoms with Crippen molar-refractivity contribution in [1.29, 1.82) is 0 Å². The van der Waals surface area contributed by atoms with E-state index < -0.39 is 6.03 Å². The molecule has 76 valence electrons. The molecule has 1 aromatic carbocycles. The summed E-state index contributed by atoms with van der Waals surface area (Å²) in [6.07, 6.45) is 0. The van der Waals surface area contributed by atoms with Gasteiger partial charge in [0, 0.05) is 5.02 Å². The van der Waals surface area contributed by atoms with Gasteiger partial charge in [-0.25, -0.2) is 9.10 Å². The number of ether oxygens (including phenoxy) is 1. The molecule has 0 aromatic heterocycles. The molecule has 2 N–H and O–H groups in total. The lowest BCUT2D eigenvalue weighted by atomic mass is 10.3. The van der Waals surface area contributed by atoms with Gasteiger partial charge >= 0.3 is 6.03 Å². The van der Waals surface area contributed by atoms with Crippen LogP contribution in [-0.4, -0.2) is 13.1 Å². The molecule has 14 heavy (non-hydrogen) atoms. The van der Waals surface area contributed by atoms with E-state index in [1.807, 2.05) is 0 Å². The molecule has 0 aliphatic rings. The second kappa shape index (κ2) is 4.43. The van der Waals surface area contributed by atoms with Gasteiger partial charge in [-0.3, -0.25) is 0 Å². The molecule has 2 amide bonds. The molecule has 1 rings (SSSR count). The number of methoxy groups -OCH3 is 1. The van der Waals surface area contributed by atoms with Gasteiger partial charge in [-0.1, -0.05) is 24.4 Å². The van der Waals surface area contributed by atoms with E-state index in [-0.39, 0.29) is 0 Å². The van der Waals surface area contributed by atoms with Crippen LogP contribution >= 0.6 is 24.4 Å². The van der Waals surface area contributed by atoms with Crippen LogP contribution < -0.4 is 14.8 Å². The van der Waals surface area contributed by atoms with Crippen LogP contribution in [-0.2, 0) is 0 Å². The highest BCUT2D eigenvalue weighted by molar-refractivity contribution is 7.82. The van der Waals surface area contributed by atoms with Gasteiger partial charge in [-0.05, 0) is 18.2 Å². The van der Waals surface area contributed by atoms with Crippen molar-refractivity contribution in [2.24, 2.45) is 5.73 Å². The summed E-state index contributed by atoms with van der Waals surface area (Å²) in [5.41, 5.74) is 5.47. The molecule has 0 spiro atoms. The number of halogens is 1. The van der Waals surface area contributed by atoms with Crippen LogP contribution in [0.5, 0.6) is 5.75 Å². The fourth-order valence-electron chi connectivity index (χ4n) is 0.947. The van der Waals surface area contributed by atoms with Crippen molar-refractivity contribution >= 4 is 36.1 Å². The van der Waals surface area contributed by atoms with E-state index in [0.717, 1.165) is 4.31 Å². The topological polar surface area (TPSA) is 55.6 Å². The average Bonchev–Trinajstić information content (AvgIpc) is 2.16. The van der Waals surface area contributed by atoms with E-state index in [4.69, 9.17) is 22.1 Å². The van der Waals surface area contributed by atoms with Crippen molar-refractivity contribution in [3.8, 4) is 5.75 Å². The molecule has 0 heterocycles. The number of benzene rings is 1. The predicted molar refractivity (Wildman–Crippen MR) is 59.1 cm³/mol. The Morgan fingerprint density at radius 3 is 2.79 bits per heavy atom. The van der Waals surface area contributed by atoms with E-state index in [9.17, 15) is 4.79 Å². The van der Waals surface area contributed by atoms with Crippen LogP contribution in [0.4, 0.5) is 10.5 Å². The molecule has 4 nitrogen and oxygen atoms in total. The van der Waals surface area contributed by atoms with Crippen LogP contribution in [0.1, 0.15) is 0 Å². The summed E-state index contributed by atoms with van der Waals surface area (Å²) < 4.78 is 5.98. The summed E-state index contributed by atoms with van der Waals surface area (Å²) in [5.74, 6) is 0.475. The zero-order chi connectivity index (χ0) is 10.7. The predicted octanol–water partition coefficient (Wildman–Crippen LogP) is 2.08. The maximum atomic E-state index is 10.9. The highest BCUT2D eigenvalue weighted by Gasteiger charge is 2.13. The minimum absolute atomic E-state index is 0.413. The third kappa shape index (κ3) is 2.24. The van der Waals surface area contributed by atoms with Crippen molar-refractivity contribution in [2.45, 2.75) is 0 Å². The Morgan fingerprint density at radius 1 is 1.64 bits per heavy atom. The smallest absolute Gasteiger partial charge is 0.329 e. The number of hydrogen-bond acceptors (Lipinski definition) is 3. The lowest BCUT2D eigenvalue weighted by molar-refractivity contribution is 0.257. The zero-order valence-corrected chi connectivity index (χ0v) is 9.05. The minimum atomic E-state index is -0.700. The molecule has 0 unspecified atom stereocenters. The Kier molecular flexibility index (Phi) is 3.49. The first-order valence-corrected chi connectivity index (χ1v) is 4.46. The Morgan fingerprint density at radius 2 is 2.29 bits per heavy atom. The van der Waals surface area contributed by atoms with Gasteiger partial charge in [0.25, 0.3) is 0 Å². The number of thiol groups is 1. The van der Waals surface area contributed by atoms with Crippen molar-refractivity contribution in [3.05, 3.63) is 23.2 Å². The summed E-state index contributed by atoms with van der Waals surface area (Å²) in [7, 11) is 1.48. The van der Waals surface area contributed by atoms with Gasteiger partial charge in [0.05, 0.1) is 7.11 Å². The lowest BCUT2D eigenvalue weighted by Crippen LogP contribution is -2.27. The molecule has 0 atom stereocenters. The Bertz CT molecular complexity index is 359. The first kappa shape index (κ1) is 11.0. The largest absolute Gasteiger partial charge is 0.495 e. The fourth-order valence-corrected chi connectivity index (χ4v) is 1.27. The van der Waals surface area contributed by atoms with E-state index in [0.29, 0.717) is 16.5 Å². The first-order valence-electron chi connectivity index (χ1n) is 3.68. The van der Waals surface area contributed by atoms with Crippen molar-refractivity contribution in [2.75, 3.05) is 11.4 Å². The molecule has 0 bridgehead atoms. The highest BCUT2D eigenvalue weighted by atomic mass is 35.5. The second-order valence-corrected chi connectivity index (χ2v) is 3.30. The van der Waals surface area contributed by atoms with Crippen molar-refractivity contribution in [1.82, 2.24) is 0 Å². The molecular weight excluding hydrogens is 224 g/mol. The zero-order valence-electron chi connectivity index (χ0n) is 7.40. The summed E-state index contributed by atoms with van der Waals surface area (Å²) >= 11 is 9.66. The van der Waals surface area contributed by atoms with Gasteiger partial charge in [0.15, 0.2) is 0 Å². The van der Waals surface area contributed by atoms with E-state index in [1.54, 1.807) is 12.1 Å². The number of rotatable bonds is 2. The number of nitrogens with two attached hydrogens (primary N) is 1. The van der Waals surface area contributed by atoms with Crippen LogP contribution in [0.2, 0.25) is 5.02 Å². The fraction of sp³-hybridized carbons (Fsp3) is 0.125. The minimum Gasteiger partial charge on any atom is -0.495 e.